The fraction of sp³-hybridized carbons (Fsp3) is 0.704. The molecule has 8 heteroatoms. The first-order valence-electron chi connectivity index (χ1n) is 13.4. The van der Waals surface area contributed by atoms with Crippen molar-refractivity contribution in [2.24, 2.45) is 11.8 Å². The van der Waals surface area contributed by atoms with Crippen molar-refractivity contribution in [1.29, 1.82) is 0 Å². The summed E-state index contributed by atoms with van der Waals surface area (Å²) in [6, 6.07) is 6.38. The van der Waals surface area contributed by atoms with Crippen molar-refractivity contribution in [2.75, 3.05) is 70.5 Å². The summed E-state index contributed by atoms with van der Waals surface area (Å²) in [6.07, 6.45) is 3.36. The number of fused-ring (bicyclic) bond motifs is 3. The van der Waals surface area contributed by atoms with Crippen LogP contribution in [-0.4, -0.2) is 87.2 Å². The zero-order valence-corrected chi connectivity index (χ0v) is 21.5. The number of morpholine rings is 1. The number of ether oxygens (including phenoxy) is 2. The maximum Gasteiger partial charge on any atom is 0.236 e. The van der Waals surface area contributed by atoms with Crippen LogP contribution in [0.1, 0.15) is 45.1 Å². The Morgan fingerprint density at radius 3 is 2.63 bits per heavy atom. The second-order valence-electron chi connectivity index (χ2n) is 9.90. The Kier molecular flexibility index (Phi) is 9.26. The molecule has 2 fully saturated rings. The SMILES string of the molecule is CCN(CC)C(=O)C[C@@H]1CCN2C[C@@H]1CCCOc1ccc(N3CCOCC3)cc1CNCC2=O. The van der Waals surface area contributed by atoms with Crippen LogP contribution in [0.3, 0.4) is 0 Å². The van der Waals surface area contributed by atoms with E-state index in [9.17, 15) is 9.59 Å². The van der Waals surface area contributed by atoms with Crippen LogP contribution in [-0.2, 0) is 20.9 Å². The predicted octanol–water partition coefficient (Wildman–Crippen LogP) is 2.51. The number of carbonyl (C=O) groups is 2. The molecule has 3 heterocycles. The molecule has 1 aromatic rings. The number of anilines is 1. The molecule has 0 saturated carbocycles. The molecule has 0 aliphatic carbocycles. The molecule has 8 nitrogen and oxygen atoms in total. The van der Waals surface area contributed by atoms with Gasteiger partial charge in [-0.2, -0.15) is 0 Å². The van der Waals surface area contributed by atoms with Crippen LogP contribution in [0, 0.1) is 11.8 Å². The highest BCUT2D eigenvalue weighted by Crippen LogP contribution is 2.32. The summed E-state index contributed by atoms with van der Waals surface area (Å²) in [5.74, 6) is 1.94. The molecule has 3 aliphatic rings. The van der Waals surface area contributed by atoms with Crippen LogP contribution in [0.5, 0.6) is 5.75 Å². The molecule has 1 aromatic carbocycles. The Morgan fingerprint density at radius 1 is 1.06 bits per heavy atom. The number of amides is 2. The van der Waals surface area contributed by atoms with E-state index < -0.39 is 0 Å². The Labute approximate surface area is 209 Å². The topological polar surface area (TPSA) is 74.3 Å². The fourth-order valence-electron chi connectivity index (χ4n) is 5.64. The van der Waals surface area contributed by atoms with Crippen molar-refractivity contribution < 1.29 is 19.1 Å². The van der Waals surface area contributed by atoms with E-state index in [1.54, 1.807) is 0 Å². The summed E-state index contributed by atoms with van der Waals surface area (Å²) >= 11 is 0. The molecule has 0 spiro atoms. The molecular formula is C27H42N4O4. The molecule has 0 radical (unpaired) electrons. The highest BCUT2D eigenvalue weighted by atomic mass is 16.5. The molecule has 3 aliphatic heterocycles. The first-order chi connectivity index (χ1) is 17.1. The zero-order chi connectivity index (χ0) is 24.6. The smallest absolute Gasteiger partial charge is 0.236 e. The second kappa shape index (κ2) is 12.6. The fourth-order valence-corrected chi connectivity index (χ4v) is 5.64. The number of carbonyl (C=O) groups excluding carboxylic acids is 2. The highest BCUT2D eigenvalue weighted by Gasteiger charge is 2.33. The van der Waals surface area contributed by atoms with Gasteiger partial charge in [0.15, 0.2) is 0 Å². The predicted molar refractivity (Wildman–Crippen MR) is 137 cm³/mol. The first kappa shape index (κ1) is 25.8. The van der Waals surface area contributed by atoms with Crippen molar-refractivity contribution in [3.63, 3.8) is 0 Å². The molecule has 0 aromatic heterocycles. The van der Waals surface area contributed by atoms with E-state index in [1.165, 1.54) is 5.69 Å². The number of nitrogens with zero attached hydrogens (tertiary/aromatic N) is 3. The van der Waals surface area contributed by atoms with Crippen molar-refractivity contribution in [1.82, 2.24) is 15.1 Å². The average Bonchev–Trinajstić information content (AvgIpc) is 2.89. The summed E-state index contributed by atoms with van der Waals surface area (Å²) in [6.45, 7) is 11.9. The van der Waals surface area contributed by atoms with E-state index in [1.807, 2.05) is 23.6 Å². The zero-order valence-electron chi connectivity index (χ0n) is 21.5. The number of rotatable bonds is 5. The van der Waals surface area contributed by atoms with E-state index in [2.05, 4.69) is 28.4 Å². The third-order valence-corrected chi connectivity index (χ3v) is 7.79. The van der Waals surface area contributed by atoms with Crippen LogP contribution in [0.25, 0.3) is 0 Å². The Morgan fingerprint density at radius 2 is 1.86 bits per heavy atom. The molecule has 4 rings (SSSR count). The standard InChI is InChI=1S/C27H42N4O4/c1-3-29(4-2)26(32)17-21-9-10-31-20-22(21)6-5-13-35-25-8-7-24(30-11-14-34-15-12-30)16-23(25)18-28-19-27(31)33/h7-8,16,21-22,28H,3-6,9-15,17-20H2,1-2H3/t21-,22-/m0/s1. The molecule has 1 N–H and O–H groups in total. The lowest BCUT2D eigenvalue weighted by Crippen LogP contribution is -2.47. The van der Waals surface area contributed by atoms with Gasteiger partial charge >= 0.3 is 0 Å². The largest absolute Gasteiger partial charge is 0.493 e. The summed E-state index contributed by atoms with van der Waals surface area (Å²) in [4.78, 5) is 32.1. The van der Waals surface area contributed by atoms with Gasteiger partial charge < -0.3 is 29.5 Å². The average molecular weight is 487 g/mol. The van der Waals surface area contributed by atoms with Gasteiger partial charge in [-0.3, -0.25) is 9.59 Å². The van der Waals surface area contributed by atoms with Crippen LogP contribution in [0.2, 0.25) is 0 Å². The maximum atomic E-state index is 13.0. The number of hydrogen-bond donors (Lipinski definition) is 1. The number of piperidine rings is 1. The van der Waals surface area contributed by atoms with Crippen molar-refractivity contribution >= 4 is 17.5 Å². The van der Waals surface area contributed by atoms with Crippen LogP contribution in [0.15, 0.2) is 18.2 Å². The van der Waals surface area contributed by atoms with E-state index in [4.69, 9.17) is 9.47 Å². The minimum Gasteiger partial charge on any atom is -0.493 e. The first-order valence-corrected chi connectivity index (χ1v) is 13.4. The van der Waals surface area contributed by atoms with Crippen LogP contribution < -0.4 is 15.0 Å². The normalized spacial score (nSPS) is 23.9. The van der Waals surface area contributed by atoms with Gasteiger partial charge in [-0.25, -0.2) is 0 Å². The van der Waals surface area contributed by atoms with Gasteiger partial charge in [-0.05, 0) is 63.1 Å². The second-order valence-corrected chi connectivity index (χ2v) is 9.90. The van der Waals surface area contributed by atoms with Crippen molar-refractivity contribution in [3.8, 4) is 5.75 Å². The van der Waals surface area contributed by atoms with E-state index >= 15 is 0 Å². The Bertz CT molecular complexity index is 854. The number of hydrogen-bond acceptors (Lipinski definition) is 6. The monoisotopic (exact) mass is 486 g/mol. The molecule has 0 unspecified atom stereocenters. The molecule has 35 heavy (non-hydrogen) atoms. The molecule has 2 saturated heterocycles. The van der Waals surface area contributed by atoms with Crippen molar-refractivity contribution in [2.45, 2.75) is 46.1 Å². The lowest BCUT2D eigenvalue weighted by atomic mass is 9.80. The number of benzene rings is 1. The third kappa shape index (κ3) is 6.67. The molecule has 2 atom stereocenters. The van der Waals surface area contributed by atoms with Gasteiger partial charge in [-0.1, -0.05) is 0 Å². The molecular weight excluding hydrogens is 444 g/mol. The molecule has 194 valence electrons. The van der Waals surface area contributed by atoms with Gasteiger partial charge in [0.05, 0.1) is 26.4 Å². The van der Waals surface area contributed by atoms with E-state index in [0.29, 0.717) is 38.0 Å². The summed E-state index contributed by atoms with van der Waals surface area (Å²) in [5.41, 5.74) is 2.26. The van der Waals surface area contributed by atoms with Gasteiger partial charge in [-0.15, -0.1) is 0 Å². The van der Waals surface area contributed by atoms with Crippen molar-refractivity contribution in [3.05, 3.63) is 23.8 Å². The van der Waals surface area contributed by atoms with Gasteiger partial charge in [0, 0.05) is 63.5 Å². The van der Waals surface area contributed by atoms with Gasteiger partial charge in [0.1, 0.15) is 5.75 Å². The Hall–Kier alpha value is -2.32. The Balaban J connectivity index is 1.44. The van der Waals surface area contributed by atoms with E-state index in [-0.39, 0.29) is 11.8 Å². The quantitative estimate of drug-likeness (QED) is 0.690. The molecule has 2 bridgehead atoms. The summed E-state index contributed by atoms with van der Waals surface area (Å²) < 4.78 is 11.7. The van der Waals surface area contributed by atoms with Crippen LogP contribution >= 0.6 is 0 Å². The minimum absolute atomic E-state index is 0.148. The lowest BCUT2D eigenvalue weighted by molar-refractivity contribution is -0.135. The maximum absolute atomic E-state index is 13.0. The lowest BCUT2D eigenvalue weighted by Gasteiger charge is -2.39. The van der Waals surface area contributed by atoms with Crippen LogP contribution in [0.4, 0.5) is 5.69 Å². The van der Waals surface area contributed by atoms with Gasteiger partial charge in [0.25, 0.3) is 0 Å². The van der Waals surface area contributed by atoms with E-state index in [0.717, 1.165) is 83.1 Å². The number of nitrogens with one attached hydrogen (secondary N) is 1. The minimum atomic E-state index is 0.148. The highest BCUT2D eigenvalue weighted by molar-refractivity contribution is 5.79. The summed E-state index contributed by atoms with van der Waals surface area (Å²) in [5, 5.41) is 3.36. The van der Waals surface area contributed by atoms with Gasteiger partial charge in [0.2, 0.25) is 11.8 Å². The summed E-state index contributed by atoms with van der Waals surface area (Å²) in [7, 11) is 0. The molecule has 2 amide bonds. The third-order valence-electron chi connectivity index (χ3n) is 7.79.